The van der Waals surface area contributed by atoms with E-state index in [1.54, 1.807) is 0 Å². The fourth-order valence-electron chi connectivity index (χ4n) is 0.758. The molecule has 0 aliphatic carbocycles. The first-order valence-electron chi connectivity index (χ1n) is 3.10. The van der Waals surface area contributed by atoms with Crippen LogP contribution in [0, 0.1) is 0 Å². The van der Waals surface area contributed by atoms with Crippen LogP contribution in [0.4, 0.5) is 0 Å². The molecule has 0 aromatic rings. The molecule has 4 nitrogen and oxygen atoms in total. The Kier molecular flexibility index (Phi) is 1.92. The zero-order valence-corrected chi connectivity index (χ0v) is 5.79. The molecule has 0 aromatic carbocycles. The van der Waals surface area contributed by atoms with Gasteiger partial charge in [-0.05, 0) is 6.92 Å². The molecule has 1 unspecified atom stereocenters. The summed E-state index contributed by atoms with van der Waals surface area (Å²) >= 11 is 0. The molecule has 1 heterocycles. The van der Waals surface area contributed by atoms with Gasteiger partial charge >= 0.3 is 5.97 Å². The maximum Gasteiger partial charge on any atom is 0.338 e. The van der Waals surface area contributed by atoms with Crippen LogP contribution >= 0.6 is 0 Å². The number of hydrogen-bond acceptors (Lipinski definition) is 3. The quantitative estimate of drug-likeness (QED) is 0.560. The average Bonchev–Trinajstić information content (AvgIpc) is 1.89. The molecule has 0 bridgehead atoms. The van der Waals surface area contributed by atoms with Gasteiger partial charge in [0.15, 0.2) is 5.60 Å². The Hall–Kier alpha value is -0.610. The Balaban J connectivity index is 2.56. The summed E-state index contributed by atoms with van der Waals surface area (Å²) in [7, 11) is 0. The fraction of sp³-hybridized carbons (Fsp3) is 0.833. The molecule has 1 aliphatic heterocycles. The van der Waals surface area contributed by atoms with Gasteiger partial charge in [0, 0.05) is 0 Å². The first-order valence-corrected chi connectivity index (χ1v) is 3.10. The van der Waals surface area contributed by atoms with E-state index >= 15 is 0 Å². The van der Waals surface area contributed by atoms with E-state index in [-0.39, 0.29) is 6.61 Å². The van der Waals surface area contributed by atoms with Crippen molar-refractivity contribution in [3.63, 3.8) is 0 Å². The first kappa shape index (κ1) is 7.50. The third-order valence-corrected chi connectivity index (χ3v) is 1.48. The van der Waals surface area contributed by atoms with Crippen LogP contribution in [-0.4, -0.2) is 36.5 Å². The van der Waals surface area contributed by atoms with E-state index in [1.807, 2.05) is 0 Å². The maximum absolute atomic E-state index is 10.5. The van der Waals surface area contributed by atoms with Crippen LogP contribution in [0.1, 0.15) is 6.92 Å². The first-order chi connectivity index (χ1) is 4.65. The van der Waals surface area contributed by atoms with E-state index in [1.165, 1.54) is 6.92 Å². The van der Waals surface area contributed by atoms with Gasteiger partial charge in [-0.1, -0.05) is 0 Å². The highest BCUT2D eigenvalue weighted by Crippen LogP contribution is 2.14. The highest BCUT2D eigenvalue weighted by atomic mass is 16.6. The topological polar surface area (TPSA) is 55.8 Å². The number of carboxylic acid groups (broad SMARTS) is 1. The van der Waals surface area contributed by atoms with E-state index < -0.39 is 11.6 Å². The number of carbonyl (C=O) groups is 1. The van der Waals surface area contributed by atoms with Crippen LogP contribution in [0.25, 0.3) is 0 Å². The van der Waals surface area contributed by atoms with E-state index in [4.69, 9.17) is 14.6 Å². The van der Waals surface area contributed by atoms with Crippen LogP contribution in [0.15, 0.2) is 0 Å². The van der Waals surface area contributed by atoms with Gasteiger partial charge in [0.25, 0.3) is 0 Å². The van der Waals surface area contributed by atoms with Crippen molar-refractivity contribution < 1.29 is 19.4 Å². The molecule has 0 saturated carbocycles. The Bertz CT molecular complexity index is 137. The van der Waals surface area contributed by atoms with E-state index in [9.17, 15) is 4.79 Å². The zero-order chi connectivity index (χ0) is 7.61. The van der Waals surface area contributed by atoms with Crippen molar-refractivity contribution >= 4 is 5.97 Å². The molecule has 58 valence electrons. The number of aliphatic carboxylic acids is 1. The highest BCUT2D eigenvalue weighted by Gasteiger charge is 2.36. The monoisotopic (exact) mass is 146 g/mol. The van der Waals surface area contributed by atoms with Gasteiger partial charge < -0.3 is 14.6 Å². The van der Waals surface area contributed by atoms with Gasteiger partial charge in [-0.3, -0.25) is 0 Å². The predicted octanol–water partition coefficient (Wildman–Crippen LogP) is -0.123. The molecule has 0 spiro atoms. The minimum Gasteiger partial charge on any atom is -0.479 e. The summed E-state index contributed by atoms with van der Waals surface area (Å²) < 4.78 is 9.94. The Morgan fingerprint density at radius 2 is 2.30 bits per heavy atom. The molecule has 1 N–H and O–H groups in total. The molecular weight excluding hydrogens is 136 g/mol. The molecule has 1 aliphatic rings. The van der Waals surface area contributed by atoms with Crippen molar-refractivity contribution in [3.05, 3.63) is 0 Å². The number of ether oxygens (including phenoxy) is 2. The molecular formula is C6H10O4. The smallest absolute Gasteiger partial charge is 0.338 e. The van der Waals surface area contributed by atoms with Gasteiger partial charge in [-0.2, -0.15) is 0 Å². The van der Waals surface area contributed by atoms with E-state index in [2.05, 4.69) is 0 Å². The minimum atomic E-state index is -1.13. The second kappa shape index (κ2) is 2.56. The van der Waals surface area contributed by atoms with Crippen molar-refractivity contribution in [1.29, 1.82) is 0 Å². The minimum absolute atomic E-state index is 0.141. The van der Waals surface area contributed by atoms with Crippen molar-refractivity contribution in [2.75, 3.05) is 19.8 Å². The lowest BCUT2D eigenvalue weighted by Crippen LogP contribution is -2.47. The van der Waals surface area contributed by atoms with E-state index in [0.717, 1.165) is 0 Å². The summed E-state index contributed by atoms with van der Waals surface area (Å²) in [5.74, 6) is -0.966. The summed E-state index contributed by atoms with van der Waals surface area (Å²) in [6.45, 7) is 2.50. The lowest BCUT2D eigenvalue weighted by Gasteiger charge is -2.29. The maximum atomic E-state index is 10.5. The van der Waals surface area contributed by atoms with Gasteiger partial charge in [0.1, 0.15) is 0 Å². The summed E-state index contributed by atoms with van der Waals surface area (Å²) in [6.07, 6.45) is 0. The summed E-state index contributed by atoms with van der Waals surface area (Å²) in [5, 5.41) is 8.59. The normalized spacial score (nSPS) is 33.7. The molecule has 4 heteroatoms. The lowest BCUT2D eigenvalue weighted by atomic mass is 10.1. The lowest BCUT2D eigenvalue weighted by molar-refractivity contribution is -0.188. The van der Waals surface area contributed by atoms with Gasteiger partial charge in [0.05, 0.1) is 19.8 Å². The number of carboxylic acids is 1. The number of hydrogen-bond donors (Lipinski definition) is 1. The van der Waals surface area contributed by atoms with Gasteiger partial charge in [0.2, 0.25) is 0 Å². The van der Waals surface area contributed by atoms with Gasteiger partial charge in [-0.25, -0.2) is 4.79 Å². The van der Waals surface area contributed by atoms with Crippen LogP contribution in [0.5, 0.6) is 0 Å². The number of rotatable bonds is 1. The second-order valence-corrected chi connectivity index (χ2v) is 2.44. The van der Waals surface area contributed by atoms with Crippen molar-refractivity contribution in [2.45, 2.75) is 12.5 Å². The molecule has 1 rings (SSSR count). The van der Waals surface area contributed by atoms with Crippen LogP contribution < -0.4 is 0 Å². The zero-order valence-electron chi connectivity index (χ0n) is 5.79. The molecule has 1 fully saturated rings. The van der Waals surface area contributed by atoms with E-state index in [0.29, 0.717) is 13.2 Å². The third kappa shape index (κ3) is 1.27. The Morgan fingerprint density at radius 1 is 1.60 bits per heavy atom. The fourth-order valence-corrected chi connectivity index (χ4v) is 0.758. The third-order valence-electron chi connectivity index (χ3n) is 1.48. The molecule has 0 amide bonds. The van der Waals surface area contributed by atoms with Crippen LogP contribution in [0.2, 0.25) is 0 Å². The van der Waals surface area contributed by atoms with Crippen molar-refractivity contribution in [3.8, 4) is 0 Å². The van der Waals surface area contributed by atoms with Crippen molar-refractivity contribution in [2.24, 2.45) is 0 Å². The van der Waals surface area contributed by atoms with Crippen LogP contribution in [0.3, 0.4) is 0 Å². The predicted molar refractivity (Wildman–Crippen MR) is 32.8 cm³/mol. The molecule has 10 heavy (non-hydrogen) atoms. The molecule has 1 saturated heterocycles. The molecule has 1 atom stereocenters. The summed E-state index contributed by atoms with van der Waals surface area (Å²) in [4.78, 5) is 10.5. The molecule has 0 aromatic heterocycles. The average molecular weight is 146 g/mol. The highest BCUT2D eigenvalue weighted by molar-refractivity contribution is 5.77. The molecule has 0 radical (unpaired) electrons. The summed E-state index contributed by atoms with van der Waals surface area (Å²) in [6, 6.07) is 0. The van der Waals surface area contributed by atoms with Crippen LogP contribution in [-0.2, 0) is 14.3 Å². The van der Waals surface area contributed by atoms with Gasteiger partial charge in [-0.15, -0.1) is 0 Å². The standard InChI is InChI=1S/C6H10O4/c1-6(5(7)8)4-9-2-3-10-6/h2-4H2,1H3,(H,7,8). The Morgan fingerprint density at radius 3 is 2.60 bits per heavy atom. The summed E-state index contributed by atoms with van der Waals surface area (Å²) in [5.41, 5.74) is -1.13. The SMILES string of the molecule is CC1(C(=O)O)COCCO1. The second-order valence-electron chi connectivity index (χ2n) is 2.44. The van der Waals surface area contributed by atoms with Crippen molar-refractivity contribution in [1.82, 2.24) is 0 Å². The Labute approximate surface area is 58.7 Å². The largest absolute Gasteiger partial charge is 0.479 e.